The molecule has 0 radical (unpaired) electrons. The van der Waals surface area contributed by atoms with Crippen molar-refractivity contribution in [2.75, 3.05) is 38.0 Å². The lowest BCUT2D eigenvalue weighted by Gasteiger charge is -2.32. The topological polar surface area (TPSA) is 70.9 Å². The zero-order valence-corrected chi connectivity index (χ0v) is 17.7. The predicted molar refractivity (Wildman–Crippen MR) is 117 cm³/mol. The molecule has 0 saturated carbocycles. The molecule has 0 atom stereocenters. The largest absolute Gasteiger partial charge is 0.331 e. The zero-order valence-electron chi connectivity index (χ0n) is 17.7. The Bertz CT molecular complexity index is 883. The number of piperazine rings is 1. The lowest BCUT2D eigenvalue weighted by atomic mass is 10.1. The van der Waals surface area contributed by atoms with Crippen LogP contribution in [0.3, 0.4) is 0 Å². The van der Waals surface area contributed by atoms with Gasteiger partial charge in [-0.1, -0.05) is 48.5 Å². The number of carbonyl (C=O) groups is 3. The van der Waals surface area contributed by atoms with Crippen LogP contribution < -0.4 is 10.2 Å². The molecular formula is C24H30N3O3+. The first kappa shape index (κ1) is 21.7. The first-order valence-electron chi connectivity index (χ1n) is 10.5. The smallest absolute Gasteiger partial charge is 0.279 e. The second-order valence-electron chi connectivity index (χ2n) is 7.91. The summed E-state index contributed by atoms with van der Waals surface area (Å²) in [6.07, 6.45) is 0.463. The van der Waals surface area contributed by atoms with Gasteiger partial charge in [-0.2, -0.15) is 0 Å². The highest BCUT2D eigenvalue weighted by Gasteiger charge is 2.25. The number of nitrogens with zero attached hydrogens (tertiary/aromatic N) is 1. The van der Waals surface area contributed by atoms with Crippen LogP contribution in [0.25, 0.3) is 0 Å². The summed E-state index contributed by atoms with van der Waals surface area (Å²) in [5.41, 5.74) is 3.64. The van der Waals surface area contributed by atoms with E-state index in [-0.39, 0.29) is 30.4 Å². The van der Waals surface area contributed by atoms with Gasteiger partial charge in [0.2, 0.25) is 5.91 Å². The number of para-hydroxylation sites is 1. The van der Waals surface area contributed by atoms with Gasteiger partial charge in [-0.05, 0) is 25.0 Å². The van der Waals surface area contributed by atoms with Crippen molar-refractivity contribution >= 4 is 23.3 Å². The number of aryl methyl sites for hydroxylation is 2. The molecule has 158 valence electrons. The van der Waals surface area contributed by atoms with Crippen molar-refractivity contribution in [1.82, 2.24) is 4.90 Å². The molecule has 0 unspecified atom stereocenters. The Labute approximate surface area is 177 Å². The lowest BCUT2D eigenvalue weighted by Crippen LogP contribution is -3.15. The highest BCUT2D eigenvalue weighted by Crippen LogP contribution is 2.18. The van der Waals surface area contributed by atoms with Crippen LogP contribution in [-0.4, -0.2) is 55.2 Å². The van der Waals surface area contributed by atoms with E-state index in [1.54, 1.807) is 12.1 Å². The molecule has 2 amide bonds. The minimum atomic E-state index is -0.00404. The number of hydrogen-bond acceptors (Lipinski definition) is 3. The molecular weight excluding hydrogens is 378 g/mol. The highest BCUT2D eigenvalue weighted by molar-refractivity contribution is 5.98. The van der Waals surface area contributed by atoms with Crippen molar-refractivity contribution in [3.05, 3.63) is 65.2 Å². The maximum absolute atomic E-state index is 12.5. The molecule has 1 fully saturated rings. The summed E-state index contributed by atoms with van der Waals surface area (Å²) >= 11 is 0. The number of carbonyl (C=O) groups excluding carboxylic acids is 3. The van der Waals surface area contributed by atoms with E-state index in [9.17, 15) is 14.4 Å². The summed E-state index contributed by atoms with van der Waals surface area (Å²) < 4.78 is 0. The molecule has 1 heterocycles. The van der Waals surface area contributed by atoms with Gasteiger partial charge < -0.3 is 15.1 Å². The van der Waals surface area contributed by atoms with Crippen molar-refractivity contribution in [3.63, 3.8) is 0 Å². The van der Waals surface area contributed by atoms with Gasteiger partial charge in [-0.25, -0.2) is 0 Å². The number of ketones is 1. The second-order valence-corrected chi connectivity index (χ2v) is 7.91. The van der Waals surface area contributed by atoms with Crippen LogP contribution >= 0.6 is 0 Å². The van der Waals surface area contributed by atoms with Gasteiger partial charge in [-0.3, -0.25) is 14.4 Å². The molecule has 2 N–H and O–H groups in total. The van der Waals surface area contributed by atoms with E-state index < -0.39 is 0 Å². The van der Waals surface area contributed by atoms with Gasteiger partial charge in [0.25, 0.3) is 5.91 Å². The second kappa shape index (κ2) is 10.2. The average molecular weight is 409 g/mol. The minimum absolute atomic E-state index is 0.00335. The Kier molecular flexibility index (Phi) is 7.36. The first-order valence-corrected chi connectivity index (χ1v) is 10.5. The van der Waals surface area contributed by atoms with Crippen LogP contribution in [0.2, 0.25) is 0 Å². The quantitative estimate of drug-likeness (QED) is 0.684. The molecule has 2 aromatic rings. The summed E-state index contributed by atoms with van der Waals surface area (Å²) in [4.78, 5) is 40.1. The van der Waals surface area contributed by atoms with E-state index >= 15 is 0 Å². The van der Waals surface area contributed by atoms with Crippen molar-refractivity contribution in [2.24, 2.45) is 0 Å². The van der Waals surface area contributed by atoms with Crippen LogP contribution in [0.15, 0.2) is 48.5 Å². The molecule has 0 aromatic heterocycles. The molecule has 1 saturated heterocycles. The van der Waals surface area contributed by atoms with Crippen molar-refractivity contribution in [2.45, 2.75) is 26.7 Å². The minimum Gasteiger partial charge on any atom is -0.331 e. The number of hydrogen-bond donors (Lipinski definition) is 2. The SMILES string of the molecule is Cc1cccc(C)c1NC(=O)C[NH+]1CCN(C(=O)CCC(=O)c2ccccc2)CC1. The van der Waals surface area contributed by atoms with E-state index in [1.807, 2.05) is 55.1 Å². The van der Waals surface area contributed by atoms with E-state index in [4.69, 9.17) is 0 Å². The zero-order chi connectivity index (χ0) is 21.5. The fourth-order valence-electron chi connectivity index (χ4n) is 3.82. The van der Waals surface area contributed by atoms with Crippen LogP contribution in [0.4, 0.5) is 5.69 Å². The number of Topliss-reactive ketones (excluding diaryl/α,β-unsaturated/α-hetero) is 1. The number of quaternary nitrogens is 1. The number of anilines is 1. The Morgan fingerprint density at radius 3 is 2.17 bits per heavy atom. The summed E-state index contributed by atoms with van der Waals surface area (Å²) in [6, 6.07) is 15.0. The molecule has 6 nitrogen and oxygen atoms in total. The summed E-state index contributed by atoms with van der Waals surface area (Å²) in [7, 11) is 0. The van der Waals surface area contributed by atoms with Crippen LogP contribution in [-0.2, 0) is 9.59 Å². The molecule has 6 heteroatoms. The monoisotopic (exact) mass is 408 g/mol. The van der Waals surface area contributed by atoms with Gasteiger partial charge >= 0.3 is 0 Å². The standard InChI is InChI=1S/C24H29N3O3/c1-18-7-6-8-19(2)24(18)25-22(29)17-26-13-15-27(16-14-26)23(30)12-11-21(28)20-9-4-3-5-10-20/h3-10H,11-17H2,1-2H3,(H,25,29)/p+1. The highest BCUT2D eigenvalue weighted by atomic mass is 16.2. The molecule has 30 heavy (non-hydrogen) atoms. The Hall–Kier alpha value is -2.99. The van der Waals surface area contributed by atoms with Gasteiger partial charge in [-0.15, -0.1) is 0 Å². The Balaban J connectivity index is 1.41. The van der Waals surface area contributed by atoms with Crippen molar-refractivity contribution in [3.8, 4) is 0 Å². The molecule has 2 aromatic carbocycles. The van der Waals surface area contributed by atoms with Crippen LogP contribution in [0.5, 0.6) is 0 Å². The third kappa shape index (κ3) is 5.76. The molecule has 1 aliphatic rings. The molecule has 0 spiro atoms. The van der Waals surface area contributed by atoms with Gasteiger partial charge in [0.1, 0.15) is 0 Å². The third-order valence-corrected chi connectivity index (χ3v) is 5.64. The van der Waals surface area contributed by atoms with Crippen LogP contribution in [0.1, 0.15) is 34.3 Å². The van der Waals surface area contributed by atoms with E-state index in [0.29, 0.717) is 25.2 Å². The summed E-state index contributed by atoms with van der Waals surface area (Å²) in [6.45, 7) is 7.07. The maximum Gasteiger partial charge on any atom is 0.279 e. The van der Waals surface area contributed by atoms with Crippen molar-refractivity contribution in [1.29, 1.82) is 0 Å². The number of nitrogens with one attached hydrogen (secondary N) is 2. The normalized spacial score (nSPS) is 14.4. The maximum atomic E-state index is 12.5. The molecule has 3 rings (SSSR count). The third-order valence-electron chi connectivity index (χ3n) is 5.64. The Morgan fingerprint density at radius 2 is 1.53 bits per heavy atom. The molecule has 1 aliphatic heterocycles. The number of amides is 2. The van der Waals surface area contributed by atoms with Gasteiger partial charge in [0.05, 0.1) is 26.2 Å². The van der Waals surface area contributed by atoms with E-state index in [2.05, 4.69) is 5.32 Å². The fourth-order valence-corrected chi connectivity index (χ4v) is 3.82. The molecule has 0 aliphatic carbocycles. The predicted octanol–water partition coefficient (Wildman–Crippen LogP) is 1.63. The fraction of sp³-hybridized carbons (Fsp3) is 0.375. The van der Waals surface area contributed by atoms with Crippen molar-refractivity contribution < 1.29 is 19.3 Å². The van der Waals surface area contributed by atoms with E-state index in [0.717, 1.165) is 29.9 Å². The Morgan fingerprint density at radius 1 is 0.900 bits per heavy atom. The summed E-state index contributed by atoms with van der Waals surface area (Å²) in [5.74, 6) is 0.00494. The average Bonchev–Trinajstić information content (AvgIpc) is 2.75. The molecule has 0 bridgehead atoms. The number of rotatable bonds is 7. The lowest BCUT2D eigenvalue weighted by molar-refractivity contribution is -0.895. The van der Waals surface area contributed by atoms with Gasteiger partial charge in [0.15, 0.2) is 12.3 Å². The van der Waals surface area contributed by atoms with Crippen LogP contribution in [0, 0.1) is 13.8 Å². The number of benzene rings is 2. The first-order chi connectivity index (χ1) is 14.4. The van der Waals surface area contributed by atoms with Gasteiger partial charge in [0, 0.05) is 24.1 Å². The van der Waals surface area contributed by atoms with E-state index in [1.165, 1.54) is 4.90 Å². The summed E-state index contributed by atoms with van der Waals surface area (Å²) in [5, 5.41) is 3.03.